The second-order valence-corrected chi connectivity index (χ2v) is 6.99. The van der Waals surface area contributed by atoms with E-state index in [1.807, 2.05) is 29.6 Å². The van der Waals surface area contributed by atoms with Gasteiger partial charge in [-0.3, -0.25) is 4.79 Å². The van der Waals surface area contributed by atoms with Crippen molar-refractivity contribution in [3.63, 3.8) is 0 Å². The van der Waals surface area contributed by atoms with Crippen molar-refractivity contribution in [3.05, 3.63) is 69.6 Å². The summed E-state index contributed by atoms with van der Waals surface area (Å²) >= 11 is 7.68. The van der Waals surface area contributed by atoms with Crippen molar-refractivity contribution in [1.82, 2.24) is 4.90 Å². The summed E-state index contributed by atoms with van der Waals surface area (Å²) in [6, 6.07) is 14.2. The van der Waals surface area contributed by atoms with E-state index in [1.165, 1.54) is 11.0 Å². The molecule has 0 unspecified atom stereocenters. The number of rotatable bonds is 6. The Balaban J connectivity index is 1.57. The van der Waals surface area contributed by atoms with Crippen LogP contribution in [0.25, 0.3) is 11.3 Å². The molecule has 3 rings (SSSR count). The summed E-state index contributed by atoms with van der Waals surface area (Å²) in [7, 11) is 1.66. The van der Waals surface area contributed by atoms with Crippen molar-refractivity contribution in [2.45, 2.75) is 6.54 Å². The first-order valence-corrected chi connectivity index (χ1v) is 9.08. The lowest BCUT2D eigenvalue weighted by atomic mass is 10.2. The number of nitrogens with zero attached hydrogens (tertiary/aromatic N) is 1. The fraction of sp³-hybridized carbons (Fsp3) is 0.158. The number of amides is 1. The van der Waals surface area contributed by atoms with Gasteiger partial charge in [0.05, 0.1) is 11.6 Å². The summed E-state index contributed by atoms with van der Waals surface area (Å²) in [6.07, 6.45) is 0. The quantitative estimate of drug-likeness (QED) is 0.583. The molecular weight excluding hydrogens is 374 g/mol. The molecule has 134 valence electrons. The Morgan fingerprint density at radius 1 is 1.15 bits per heavy atom. The van der Waals surface area contributed by atoms with Crippen molar-refractivity contribution >= 4 is 34.8 Å². The molecule has 26 heavy (non-hydrogen) atoms. The lowest BCUT2D eigenvalue weighted by Gasteiger charge is -2.15. The van der Waals surface area contributed by atoms with E-state index in [9.17, 15) is 9.59 Å². The molecule has 0 atom stereocenters. The molecule has 3 aromatic rings. The van der Waals surface area contributed by atoms with Crippen LogP contribution in [0.4, 0.5) is 0 Å². The van der Waals surface area contributed by atoms with Gasteiger partial charge in [-0.05, 0) is 35.7 Å². The van der Waals surface area contributed by atoms with Gasteiger partial charge in [-0.15, -0.1) is 11.3 Å². The summed E-state index contributed by atoms with van der Waals surface area (Å²) in [6.45, 7) is 0.133. The standard InChI is InChI=1S/C19H16ClNO4S/c1-21(11-13-5-4-10-26-13)18(22)12-24-19(23)17-9-8-16(25-17)14-6-2-3-7-15(14)20/h2-10H,11-12H2,1H3. The van der Waals surface area contributed by atoms with Crippen molar-refractivity contribution in [1.29, 1.82) is 0 Å². The summed E-state index contributed by atoms with van der Waals surface area (Å²) in [5.74, 6) is -0.497. The minimum absolute atomic E-state index is 0.0219. The van der Waals surface area contributed by atoms with Crippen molar-refractivity contribution in [3.8, 4) is 11.3 Å². The SMILES string of the molecule is CN(Cc1cccs1)C(=O)COC(=O)c1ccc(-c2ccccc2Cl)o1. The van der Waals surface area contributed by atoms with Gasteiger partial charge in [0.1, 0.15) is 5.76 Å². The first kappa shape index (κ1) is 18.2. The topological polar surface area (TPSA) is 59.8 Å². The molecule has 0 saturated heterocycles. The highest BCUT2D eigenvalue weighted by atomic mass is 35.5. The Labute approximate surface area is 159 Å². The molecule has 0 radical (unpaired) electrons. The van der Waals surface area contributed by atoms with Crippen LogP contribution in [0.15, 0.2) is 58.3 Å². The van der Waals surface area contributed by atoms with Crippen LogP contribution in [0.5, 0.6) is 0 Å². The Bertz CT molecular complexity index is 904. The van der Waals surface area contributed by atoms with Crippen LogP contribution in [0.2, 0.25) is 5.02 Å². The van der Waals surface area contributed by atoms with Crippen LogP contribution in [0, 0.1) is 0 Å². The third-order valence-corrected chi connectivity index (χ3v) is 4.86. The van der Waals surface area contributed by atoms with Gasteiger partial charge in [0.15, 0.2) is 6.61 Å². The van der Waals surface area contributed by atoms with Gasteiger partial charge in [0.25, 0.3) is 5.91 Å². The summed E-state index contributed by atoms with van der Waals surface area (Å²) in [5, 5.41) is 2.47. The number of hydrogen-bond donors (Lipinski definition) is 0. The van der Waals surface area contributed by atoms with Gasteiger partial charge in [-0.25, -0.2) is 4.79 Å². The number of thiophene rings is 1. The molecule has 0 aliphatic rings. The summed E-state index contributed by atoms with van der Waals surface area (Å²) < 4.78 is 10.6. The van der Waals surface area contributed by atoms with Crippen LogP contribution < -0.4 is 0 Å². The average molecular weight is 390 g/mol. The van der Waals surface area contributed by atoms with Crippen LogP contribution in [-0.4, -0.2) is 30.4 Å². The van der Waals surface area contributed by atoms with Gasteiger partial charge in [0, 0.05) is 17.5 Å². The first-order chi connectivity index (χ1) is 12.5. The maximum absolute atomic E-state index is 12.1. The zero-order chi connectivity index (χ0) is 18.5. The molecule has 0 bridgehead atoms. The highest BCUT2D eigenvalue weighted by molar-refractivity contribution is 7.09. The highest BCUT2D eigenvalue weighted by Crippen LogP contribution is 2.29. The van der Waals surface area contributed by atoms with Crippen molar-refractivity contribution in [2.75, 3.05) is 13.7 Å². The van der Waals surface area contributed by atoms with Crippen LogP contribution in [-0.2, 0) is 16.1 Å². The zero-order valence-electron chi connectivity index (χ0n) is 14.0. The molecular formula is C19H16ClNO4S. The molecule has 0 aliphatic carbocycles. The molecule has 1 amide bonds. The number of carbonyl (C=O) groups is 2. The van der Waals surface area contributed by atoms with E-state index in [-0.39, 0.29) is 18.3 Å². The third-order valence-electron chi connectivity index (χ3n) is 3.67. The Kier molecular flexibility index (Phi) is 5.75. The lowest BCUT2D eigenvalue weighted by molar-refractivity contribution is -0.133. The Hall–Kier alpha value is -2.57. The number of furan rings is 1. The largest absolute Gasteiger partial charge is 0.450 e. The average Bonchev–Trinajstić information content (AvgIpc) is 3.31. The lowest BCUT2D eigenvalue weighted by Crippen LogP contribution is -2.30. The van der Waals surface area contributed by atoms with E-state index in [2.05, 4.69) is 0 Å². The Morgan fingerprint density at radius 3 is 2.69 bits per heavy atom. The second-order valence-electron chi connectivity index (χ2n) is 5.55. The Morgan fingerprint density at radius 2 is 1.96 bits per heavy atom. The predicted molar refractivity (Wildman–Crippen MR) is 100 cm³/mol. The molecule has 2 heterocycles. The van der Waals surface area contributed by atoms with E-state index in [0.717, 1.165) is 4.88 Å². The van der Waals surface area contributed by atoms with Crippen LogP contribution >= 0.6 is 22.9 Å². The molecule has 0 N–H and O–H groups in total. The fourth-order valence-corrected chi connectivity index (χ4v) is 3.27. The molecule has 7 heteroatoms. The van der Waals surface area contributed by atoms with E-state index in [1.54, 1.807) is 36.6 Å². The fourth-order valence-electron chi connectivity index (χ4n) is 2.29. The first-order valence-electron chi connectivity index (χ1n) is 7.83. The van der Waals surface area contributed by atoms with Crippen molar-refractivity contribution < 1.29 is 18.7 Å². The normalized spacial score (nSPS) is 10.5. The molecule has 0 fully saturated rings. The van der Waals surface area contributed by atoms with E-state index in [0.29, 0.717) is 22.9 Å². The summed E-state index contributed by atoms with van der Waals surface area (Å²) in [4.78, 5) is 26.8. The maximum Gasteiger partial charge on any atom is 0.374 e. The van der Waals surface area contributed by atoms with Gasteiger partial charge < -0.3 is 14.1 Å². The van der Waals surface area contributed by atoms with Crippen molar-refractivity contribution in [2.24, 2.45) is 0 Å². The van der Waals surface area contributed by atoms with E-state index >= 15 is 0 Å². The summed E-state index contributed by atoms with van der Waals surface area (Å²) in [5.41, 5.74) is 0.681. The number of carbonyl (C=O) groups excluding carboxylic acids is 2. The van der Waals surface area contributed by atoms with E-state index in [4.69, 9.17) is 20.8 Å². The monoisotopic (exact) mass is 389 g/mol. The zero-order valence-corrected chi connectivity index (χ0v) is 15.5. The van der Waals surface area contributed by atoms with Gasteiger partial charge >= 0.3 is 5.97 Å². The molecule has 0 spiro atoms. The number of esters is 1. The minimum atomic E-state index is -0.693. The molecule has 1 aromatic carbocycles. The number of benzene rings is 1. The van der Waals surface area contributed by atoms with Gasteiger partial charge in [-0.2, -0.15) is 0 Å². The smallest absolute Gasteiger partial charge is 0.374 e. The van der Waals surface area contributed by atoms with Crippen LogP contribution in [0.1, 0.15) is 15.4 Å². The van der Waals surface area contributed by atoms with Gasteiger partial charge in [-0.1, -0.05) is 29.8 Å². The number of hydrogen-bond acceptors (Lipinski definition) is 5. The van der Waals surface area contributed by atoms with Crippen LogP contribution in [0.3, 0.4) is 0 Å². The minimum Gasteiger partial charge on any atom is -0.450 e. The molecule has 0 saturated carbocycles. The van der Waals surface area contributed by atoms with Gasteiger partial charge in [0.2, 0.25) is 5.76 Å². The van der Waals surface area contributed by atoms with E-state index < -0.39 is 5.97 Å². The second kappa shape index (κ2) is 8.21. The molecule has 5 nitrogen and oxygen atoms in total. The number of ether oxygens (including phenoxy) is 1. The highest BCUT2D eigenvalue weighted by Gasteiger charge is 2.18. The number of likely N-dealkylation sites (N-methyl/N-ethyl adjacent to an activating group) is 1. The molecule has 0 aliphatic heterocycles. The molecule has 2 aromatic heterocycles. The predicted octanol–water partition coefficient (Wildman–Crippen LogP) is 4.48. The third kappa shape index (κ3) is 4.33. The number of halogens is 1. The maximum atomic E-state index is 12.1.